The molecule has 5 nitrogen and oxygen atoms in total. The van der Waals surface area contributed by atoms with Gasteiger partial charge in [0, 0.05) is 0 Å². The van der Waals surface area contributed by atoms with Gasteiger partial charge in [-0.25, -0.2) is 4.79 Å². The molecule has 0 aliphatic carbocycles. The highest BCUT2D eigenvalue weighted by Gasteiger charge is 2.13. The first kappa shape index (κ1) is 22.4. The average Bonchev–Trinajstić information content (AvgIpc) is 2.78. The van der Waals surface area contributed by atoms with E-state index in [4.69, 9.17) is 14.6 Å². The Labute approximate surface area is 194 Å². The first-order valence-electron chi connectivity index (χ1n) is 9.60. The zero-order chi connectivity index (χ0) is 22.2. The molecule has 0 heterocycles. The monoisotopic (exact) mass is 525 g/mol. The summed E-state index contributed by atoms with van der Waals surface area (Å²) in [6.07, 6.45) is 1.83. The van der Waals surface area contributed by atoms with E-state index in [0.717, 1.165) is 20.3 Å². The van der Waals surface area contributed by atoms with Crippen LogP contribution in [0.4, 0.5) is 0 Å². The number of hydrogen-bond acceptors (Lipinski definition) is 4. The molecule has 6 heteroatoms. The van der Waals surface area contributed by atoms with Crippen LogP contribution in [0.25, 0.3) is 11.6 Å². The van der Waals surface area contributed by atoms with E-state index in [-0.39, 0.29) is 12.2 Å². The number of aromatic carboxylic acids is 1. The summed E-state index contributed by atoms with van der Waals surface area (Å²) in [5, 5.41) is 18.6. The summed E-state index contributed by atoms with van der Waals surface area (Å²) in [6, 6.07) is 22.1. The van der Waals surface area contributed by atoms with Crippen molar-refractivity contribution in [2.24, 2.45) is 0 Å². The minimum Gasteiger partial charge on any atom is -0.490 e. The van der Waals surface area contributed by atoms with Gasteiger partial charge < -0.3 is 14.6 Å². The predicted molar refractivity (Wildman–Crippen MR) is 128 cm³/mol. The fourth-order valence-electron chi connectivity index (χ4n) is 2.94. The normalized spacial score (nSPS) is 10.9. The van der Waals surface area contributed by atoms with Crippen LogP contribution < -0.4 is 9.47 Å². The van der Waals surface area contributed by atoms with Crippen molar-refractivity contribution in [1.82, 2.24) is 0 Å². The lowest BCUT2D eigenvalue weighted by Crippen LogP contribution is -2.03. The maximum Gasteiger partial charge on any atom is 0.335 e. The second-order valence-electron chi connectivity index (χ2n) is 6.59. The molecule has 3 aromatic carbocycles. The predicted octanol–water partition coefficient (Wildman–Crippen LogP) is 6.03. The summed E-state index contributed by atoms with van der Waals surface area (Å²) in [6.45, 7) is 2.64. The van der Waals surface area contributed by atoms with Gasteiger partial charge in [-0.1, -0.05) is 42.5 Å². The minimum atomic E-state index is -0.962. The maximum atomic E-state index is 11.0. The molecule has 0 aliphatic heterocycles. The van der Waals surface area contributed by atoms with Crippen LogP contribution in [0.2, 0.25) is 0 Å². The molecular formula is C25H20INO4. The number of rotatable bonds is 8. The van der Waals surface area contributed by atoms with Crippen LogP contribution >= 0.6 is 22.6 Å². The highest BCUT2D eigenvalue weighted by molar-refractivity contribution is 14.1. The summed E-state index contributed by atoms with van der Waals surface area (Å²) < 4.78 is 12.7. The Bertz CT molecular complexity index is 1130. The van der Waals surface area contributed by atoms with E-state index in [1.165, 1.54) is 0 Å². The van der Waals surface area contributed by atoms with Crippen LogP contribution in [-0.2, 0) is 6.61 Å². The molecule has 0 saturated carbocycles. The summed E-state index contributed by atoms with van der Waals surface area (Å²) in [7, 11) is 0. The van der Waals surface area contributed by atoms with Gasteiger partial charge >= 0.3 is 5.97 Å². The largest absolute Gasteiger partial charge is 0.490 e. The van der Waals surface area contributed by atoms with Gasteiger partial charge in [0.2, 0.25) is 0 Å². The van der Waals surface area contributed by atoms with E-state index in [1.54, 1.807) is 24.3 Å². The highest BCUT2D eigenvalue weighted by Crippen LogP contribution is 2.36. The lowest BCUT2D eigenvalue weighted by atomic mass is 10.0. The molecule has 31 heavy (non-hydrogen) atoms. The standard InChI is InChI=1S/C25H20INO4/c1-2-30-23-14-18(12-21(15-27)19-6-4-3-5-7-19)13-22(26)24(23)31-16-17-8-10-20(11-9-17)25(28)29/h3-14H,2,16H2,1H3,(H,28,29)/b21-12+. The second kappa shape index (κ2) is 10.6. The Hall–Kier alpha value is -3.31. The topological polar surface area (TPSA) is 79.5 Å². The van der Waals surface area contributed by atoms with Crippen molar-refractivity contribution in [2.75, 3.05) is 6.61 Å². The molecule has 0 amide bonds. The molecule has 0 spiro atoms. The highest BCUT2D eigenvalue weighted by atomic mass is 127. The molecule has 0 fully saturated rings. The molecule has 0 unspecified atom stereocenters. The number of carboxylic acid groups (broad SMARTS) is 1. The molecule has 0 aromatic heterocycles. The molecule has 0 saturated heterocycles. The number of carboxylic acids is 1. The summed E-state index contributed by atoms with van der Waals surface area (Å²) >= 11 is 2.19. The molecular weight excluding hydrogens is 505 g/mol. The zero-order valence-corrected chi connectivity index (χ0v) is 19.0. The van der Waals surface area contributed by atoms with Crippen molar-refractivity contribution in [2.45, 2.75) is 13.5 Å². The van der Waals surface area contributed by atoms with E-state index in [9.17, 15) is 10.1 Å². The zero-order valence-electron chi connectivity index (χ0n) is 16.8. The number of allylic oxidation sites excluding steroid dienone is 1. The van der Waals surface area contributed by atoms with E-state index in [2.05, 4.69) is 28.7 Å². The summed E-state index contributed by atoms with van der Waals surface area (Å²) in [5.41, 5.74) is 3.33. The molecule has 0 aliphatic rings. The van der Waals surface area contributed by atoms with Crippen LogP contribution in [0.5, 0.6) is 11.5 Å². The van der Waals surface area contributed by atoms with Gasteiger partial charge in [0.15, 0.2) is 11.5 Å². The van der Waals surface area contributed by atoms with Crippen LogP contribution in [0.3, 0.4) is 0 Å². The second-order valence-corrected chi connectivity index (χ2v) is 7.75. The van der Waals surface area contributed by atoms with Gasteiger partial charge in [0.05, 0.1) is 27.4 Å². The lowest BCUT2D eigenvalue weighted by molar-refractivity contribution is 0.0697. The Morgan fingerprint density at radius 2 is 1.77 bits per heavy atom. The van der Waals surface area contributed by atoms with Crippen LogP contribution in [0, 0.1) is 14.9 Å². The molecule has 0 bridgehead atoms. The Morgan fingerprint density at radius 1 is 1.06 bits per heavy atom. The van der Waals surface area contributed by atoms with Gasteiger partial charge in [0.25, 0.3) is 0 Å². The first-order chi connectivity index (χ1) is 15.0. The van der Waals surface area contributed by atoms with Crippen molar-refractivity contribution >= 4 is 40.2 Å². The van der Waals surface area contributed by atoms with E-state index < -0.39 is 5.97 Å². The van der Waals surface area contributed by atoms with Crippen molar-refractivity contribution in [1.29, 1.82) is 5.26 Å². The number of halogens is 1. The number of hydrogen-bond donors (Lipinski definition) is 1. The fourth-order valence-corrected chi connectivity index (χ4v) is 3.72. The Balaban J connectivity index is 1.87. The summed E-state index contributed by atoms with van der Waals surface area (Å²) in [5.74, 6) is 0.241. The van der Waals surface area contributed by atoms with Crippen molar-refractivity contribution in [3.05, 3.63) is 92.6 Å². The maximum absolute atomic E-state index is 11.0. The third-order valence-electron chi connectivity index (χ3n) is 4.43. The van der Waals surface area contributed by atoms with Gasteiger partial charge in [0.1, 0.15) is 6.61 Å². The number of nitriles is 1. The van der Waals surface area contributed by atoms with Crippen molar-refractivity contribution in [3.8, 4) is 17.6 Å². The van der Waals surface area contributed by atoms with Gasteiger partial charge in [-0.3, -0.25) is 0 Å². The van der Waals surface area contributed by atoms with E-state index in [0.29, 0.717) is 23.7 Å². The van der Waals surface area contributed by atoms with Gasteiger partial charge in [-0.05, 0) is 76.5 Å². The van der Waals surface area contributed by atoms with Gasteiger partial charge in [-0.15, -0.1) is 0 Å². The number of carbonyl (C=O) groups is 1. The lowest BCUT2D eigenvalue weighted by Gasteiger charge is -2.15. The fraction of sp³-hybridized carbons (Fsp3) is 0.120. The van der Waals surface area contributed by atoms with Crippen LogP contribution in [0.1, 0.15) is 34.0 Å². The first-order valence-corrected chi connectivity index (χ1v) is 10.7. The molecule has 0 atom stereocenters. The molecule has 3 aromatic rings. The smallest absolute Gasteiger partial charge is 0.335 e. The molecule has 156 valence electrons. The van der Waals surface area contributed by atoms with Gasteiger partial charge in [-0.2, -0.15) is 5.26 Å². The third kappa shape index (κ3) is 5.86. The van der Waals surface area contributed by atoms with Crippen molar-refractivity contribution < 1.29 is 19.4 Å². The quantitative estimate of drug-likeness (QED) is 0.221. The van der Waals surface area contributed by atoms with E-state index in [1.807, 2.05) is 55.5 Å². The number of ether oxygens (including phenoxy) is 2. The molecule has 0 radical (unpaired) electrons. The Morgan fingerprint density at radius 3 is 2.39 bits per heavy atom. The Kier molecular flexibility index (Phi) is 7.68. The third-order valence-corrected chi connectivity index (χ3v) is 5.23. The summed E-state index contributed by atoms with van der Waals surface area (Å²) in [4.78, 5) is 11.0. The van der Waals surface area contributed by atoms with E-state index >= 15 is 0 Å². The molecule has 3 rings (SSSR count). The van der Waals surface area contributed by atoms with Crippen LogP contribution in [-0.4, -0.2) is 17.7 Å². The average molecular weight is 525 g/mol. The minimum absolute atomic E-state index is 0.233. The molecule has 1 N–H and O–H groups in total. The van der Waals surface area contributed by atoms with Crippen LogP contribution in [0.15, 0.2) is 66.7 Å². The SMILES string of the molecule is CCOc1cc(/C=C(\C#N)c2ccccc2)cc(I)c1OCc1ccc(C(=O)O)cc1. The number of nitrogens with zero attached hydrogens (tertiary/aromatic N) is 1. The van der Waals surface area contributed by atoms with Crippen molar-refractivity contribution in [3.63, 3.8) is 0 Å². The number of benzene rings is 3.